The van der Waals surface area contributed by atoms with Gasteiger partial charge in [-0.15, -0.1) is 0 Å². The lowest BCUT2D eigenvalue weighted by atomic mass is 10.6. The first-order valence-electron chi connectivity index (χ1n) is 2.77. The molecule has 6 heteroatoms. The molecule has 11 heavy (non-hydrogen) atoms. The summed E-state index contributed by atoms with van der Waals surface area (Å²) in [4.78, 5) is 13.5. The van der Waals surface area contributed by atoms with E-state index in [0.29, 0.717) is 0 Å². The van der Waals surface area contributed by atoms with Gasteiger partial charge in [-0.1, -0.05) is 5.16 Å². The smallest absolute Gasteiger partial charge is 0.252 e. The highest BCUT2D eigenvalue weighted by molar-refractivity contribution is 5.80. The molecule has 6 nitrogen and oxygen atoms in total. The number of nitrogens with zero attached hydrogens (tertiary/aromatic N) is 2. The Morgan fingerprint density at radius 2 is 2.55 bits per heavy atom. The summed E-state index contributed by atoms with van der Waals surface area (Å²) in [6.07, 6.45) is 0. The number of rotatable bonds is 3. The van der Waals surface area contributed by atoms with Gasteiger partial charge in [-0.25, -0.2) is 0 Å². The number of carbonyl (C=O) groups is 1. The molecule has 1 rings (SSSR count). The standard InChI is InChI=1S/C5H6N2O4/c1-10-2-3-6-4(5(8)9)7-11-3/h2H2,1H3,(H,8,9)/p-1. The molecule has 60 valence electrons. The SMILES string of the molecule is COCc1nc(C(=O)[O-])no1. The van der Waals surface area contributed by atoms with Crippen LogP contribution in [0, 0.1) is 0 Å². The van der Waals surface area contributed by atoms with Crippen molar-refractivity contribution in [1.82, 2.24) is 10.1 Å². The molecule has 1 aromatic heterocycles. The van der Waals surface area contributed by atoms with E-state index in [1.807, 2.05) is 0 Å². The van der Waals surface area contributed by atoms with Crippen LogP contribution in [0.25, 0.3) is 0 Å². The number of carboxylic acid groups (broad SMARTS) is 1. The lowest BCUT2D eigenvalue weighted by Crippen LogP contribution is -2.23. The number of carbonyl (C=O) groups excluding carboxylic acids is 1. The Labute approximate surface area is 61.8 Å². The Morgan fingerprint density at radius 3 is 3.00 bits per heavy atom. The van der Waals surface area contributed by atoms with Gasteiger partial charge >= 0.3 is 0 Å². The first-order valence-corrected chi connectivity index (χ1v) is 2.77. The summed E-state index contributed by atoms with van der Waals surface area (Å²) < 4.78 is 9.07. The maximum absolute atomic E-state index is 10.1. The molecule has 0 bridgehead atoms. The summed E-state index contributed by atoms with van der Waals surface area (Å²) in [5.74, 6) is -1.81. The molecular weight excluding hydrogens is 152 g/mol. The van der Waals surface area contributed by atoms with Crippen LogP contribution in [-0.2, 0) is 11.3 Å². The molecule has 0 aromatic carbocycles. The Kier molecular flexibility index (Phi) is 2.17. The van der Waals surface area contributed by atoms with Crippen LogP contribution < -0.4 is 5.11 Å². The molecule has 0 unspecified atom stereocenters. The van der Waals surface area contributed by atoms with Gasteiger partial charge in [-0.2, -0.15) is 4.98 Å². The Morgan fingerprint density at radius 1 is 1.82 bits per heavy atom. The van der Waals surface area contributed by atoms with Crippen molar-refractivity contribution in [2.45, 2.75) is 6.61 Å². The third kappa shape index (κ3) is 1.74. The number of aromatic carboxylic acids is 1. The Balaban J connectivity index is 2.73. The number of carboxylic acids is 1. The zero-order valence-corrected chi connectivity index (χ0v) is 5.73. The maximum Gasteiger partial charge on any atom is 0.252 e. The number of methoxy groups -OCH3 is 1. The van der Waals surface area contributed by atoms with Gasteiger partial charge in [0.25, 0.3) is 5.89 Å². The topological polar surface area (TPSA) is 88.3 Å². The zero-order chi connectivity index (χ0) is 8.27. The molecule has 0 saturated heterocycles. The van der Waals surface area contributed by atoms with Crippen LogP contribution >= 0.6 is 0 Å². The van der Waals surface area contributed by atoms with Crippen LogP contribution in [0.2, 0.25) is 0 Å². The van der Waals surface area contributed by atoms with Gasteiger partial charge in [-0.05, 0) is 0 Å². The molecule has 0 amide bonds. The van der Waals surface area contributed by atoms with E-state index in [-0.39, 0.29) is 12.5 Å². The second-order valence-electron chi connectivity index (χ2n) is 1.73. The fourth-order valence-corrected chi connectivity index (χ4v) is 0.520. The summed E-state index contributed by atoms with van der Waals surface area (Å²) in [5, 5.41) is 13.2. The van der Waals surface area contributed by atoms with Crippen LogP contribution in [0.3, 0.4) is 0 Å². The van der Waals surface area contributed by atoms with Gasteiger partial charge in [0.2, 0.25) is 5.82 Å². The minimum Gasteiger partial charge on any atom is -0.541 e. The van der Waals surface area contributed by atoms with E-state index in [4.69, 9.17) is 0 Å². The molecule has 0 aliphatic rings. The highest BCUT2D eigenvalue weighted by Crippen LogP contribution is 1.96. The lowest BCUT2D eigenvalue weighted by Gasteiger charge is -1.89. The van der Waals surface area contributed by atoms with Crippen LogP contribution in [0.1, 0.15) is 16.5 Å². The molecule has 0 saturated carbocycles. The molecule has 0 spiro atoms. The molecule has 0 atom stereocenters. The second kappa shape index (κ2) is 3.11. The average Bonchev–Trinajstić information content (AvgIpc) is 2.37. The van der Waals surface area contributed by atoms with E-state index < -0.39 is 11.8 Å². The fraction of sp³-hybridized carbons (Fsp3) is 0.400. The summed E-state index contributed by atoms with van der Waals surface area (Å²) in [6, 6.07) is 0. The van der Waals surface area contributed by atoms with Crippen LogP contribution in [0.4, 0.5) is 0 Å². The summed E-state index contributed by atoms with van der Waals surface area (Å²) >= 11 is 0. The van der Waals surface area contributed by atoms with Crippen LogP contribution in [0.5, 0.6) is 0 Å². The van der Waals surface area contributed by atoms with E-state index in [1.54, 1.807) is 0 Å². The van der Waals surface area contributed by atoms with Crippen molar-refractivity contribution >= 4 is 5.97 Å². The van der Waals surface area contributed by atoms with Gasteiger partial charge in [0.1, 0.15) is 12.6 Å². The van der Waals surface area contributed by atoms with Crippen molar-refractivity contribution in [3.63, 3.8) is 0 Å². The minimum atomic E-state index is -1.46. The molecular formula is C5H5N2O4-. The molecule has 0 radical (unpaired) electrons. The van der Waals surface area contributed by atoms with Crippen LogP contribution in [0.15, 0.2) is 4.52 Å². The second-order valence-corrected chi connectivity index (χ2v) is 1.73. The number of aromatic nitrogens is 2. The van der Waals surface area contributed by atoms with Gasteiger partial charge in [0, 0.05) is 7.11 Å². The van der Waals surface area contributed by atoms with Gasteiger partial charge in [0.15, 0.2) is 0 Å². The fourth-order valence-electron chi connectivity index (χ4n) is 0.520. The van der Waals surface area contributed by atoms with E-state index in [1.165, 1.54) is 7.11 Å². The maximum atomic E-state index is 10.1. The van der Waals surface area contributed by atoms with E-state index in [9.17, 15) is 9.90 Å². The summed E-state index contributed by atoms with van der Waals surface area (Å²) in [5.41, 5.74) is 0. The minimum absolute atomic E-state index is 0.0975. The third-order valence-electron chi connectivity index (χ3n) is 0.918. The number of hydrogen-bond acceptors (Lipinski definition) is 6. The largest absolute Gasteiger partial charge is 0.541 e. The molecule has 1 aromatic rings. The molecule has 0 fully saturated rings. The normalized spacial score (nSPS) is 9.91. The Hall–Kier alpha value is -1.43. The first-order chi connectivity index (χ1) is 5.24. The van der Waals surface area contributed by atoms with Crippen molar-refractivity contribution in [2.24, 2.45) is 0 Å². The van der Waals surface area contributed by atoms with Crippen molar-refractivity contribution in [3.05, 3.63) is 11.7 Å². The molecule has 0 N–H and O–H groups in total. The van der Waals surface area contributed by atoms with Gasteiger partial charge in [-0.3, -0.25) is 0 Å². The van der Waals surface area contributed by atoms with Gasteiger partial charge < -0.3 is 19.2 Å². The lowest BCUT2D eigenvalue weighted by molar-refractivity contribution is -0.256. The Bertz CT molecular complexity index is 257. The predicted octanol–water partition coefficient (Wildman–Crippen LogP) is -1.42. The van der Waals surface area contributed by atoms with E-state index >= 15 is 0 Å². The predicted molar refractivity (Wildman–Crippen MR) is 29.3 cm³/mol. The van der Waals surface area contributed by atoms with Crippen molar-refractivity contribution in [1.29, 1.82) is 0 Å². The van der Waals surface area contributed by atoms with E-state index in [0.717, 1.165) is 0 Å². The van der Waals surface area contributed by atoms with Crippen LogP contribution in [-0.4, -0.2) is 23.2 Å². The number of hydrogen-bond donors (Lipinski definition) is 0. The molecule has 0 aliphatic carbocycles. The summed E-state index contributed by atoms with van der Waals surface area (Å²) in [7, 11) is 1.43. The molecule has 1 heterocycles. The van der Waals surface area contributed by atoms with Crippen molar-refractivity contribution in [2.75, 3.05) is 7.11 Å². The van der Waals surface area contributed by atoms with E-state index in [2.05, 4.69) is 19.4 Å². The van der Waals surface area contributed by atoms with Crippen molar-refractivity contribution in [3.8, 4) is 0 Å². The highest BCUT2D eigenvalue weighted by Gasteiger charge is 2.04. The van der Waals surface area contributed by atoms with Gasteiger partial charge in [0.05, 0.1) is 0 Å². The van der Waals surface area contributed by atoms with Crippen molar-refractivity contribution < 1.29 is 19.2 Å². The first kappa shape index (κ1) is 7.67. The third-order valence-corrected chi connectivity index (χ3v) is 0.918. The summed E-state index contributed by atoms with van der Waals surface area (Å²) in [6.45, 7) is 0.0975. The average molecular weight is 157 g/mol. The highest BCUT2D eigenvalue weighted by atomic mass is 16.5. The monoisotopic (exact) mass is 157 g/mol. The molecule has 0 aliphatic heterocycles. The number of ether oxygens (including phenoxy) is 1. The zero-order valence-electron chi connectivity index (χ0n) is 5.73. The quantitative estimate of drug-likeness (QED) is 0.535.